The fraction of sp³-hybridized carbons (Fsp3) is 0.350. The summed E-state index contributed by atoms with van der Waals surface area (Å²) in [4.78, 5) is 22.8. The second-order valence-corrected chi connectivity index (χ2v) is 7.05. The number of fused-ring (bicyclic) bond motifs is 2. The van der Waals surface area contributed by atoms with Gasteiger partial charge >= 0.3 is 0 Å². The van der Waals surface area contributed by atoms with Crippen molar-refractivity contribution >= 4 is 28.3 Å². The van der Waals surface area contributed by atoms with Gasteiger partial charge in [0.25, 0.3) is 5.91 Å². The molecule has 2 aromatic heterocycles. The van der Waals surface area contributed by atoms with Crippen molar-refractivity contribution in [2.45, 2.75) is 18.9 Å². The third-order valence-corrected chi connectivity index (χ3v) is 5.45. The average molecular weight is 379 g/mol. The minimum absolute atomic E-state index is 0.133. The first kappa shape index (κ1) is 17.0. The van der Waals surface area contributed by atoms with Gasteiger partial charge in [-0.2, -0.15) is 0 Å². The van der Waals surface area contributed by atoms with Crippen LogP contribution < -0.4 is 15.4 Å². The quantitative estimate of drug-likeness (QED) is 0.735. The lowest BCUT2D eigenvalue weighted by Gasteiger charge is -2.25. The number of hydrogen-bond acceptors (Lipinski definition) is 6. The summed E-state index contributed by atoms with van der Waals surface area (Å²) in [6, 6.07) is 8.63. The molecule has 1 amide bonds. The number of aromatic nitrogens is 3. The Morgan fingerprint density at radius 3 is 2.82 bits per heavy atom. The zero-order valence-electron chi connectivity index (χ0n) is 15.4. The number of benzene rings is 1. The molecule has 3 aromatic rings. The van der Waals surface area contributed by atoms with Crippen molar-refractivity contribution in [1.82, 2.24) is 14.5 Å². The Morgan fingerprint density at radius 1 is 1.11 bits per heavy atom. The summed E-state index contributed by atoms with van der Waals surface area (Å²) in [6.45, 7) is 2.36. The van der Waals surface area contributed by atoms with Gasteiger partial charge in [-0.05, 0) is 37.1 Å². The van der Waals surface area contributed by atoms with Gasteiger partial charge in [0.2, 0.25) is 5.88 Å². The molecule has 0 atom stereocenters. The Kier molecular flexibility index (Phi) is 4.12. The van der Waals surface area contributed by atoms with Crippen molar-refractivity contribution in [2.24, 2.45) is 0 Å². The Bertz CT molecular complexity index is 1040. The highest BCUT2D eigenvalue weighted by molar-refractivity contribution is 6.11. The van der Waals surface area contributed by atoms with Gasteiger partial charge in [-0.3, -0.25) is 4.79 Å². The first-order valence-electron chi connectivity index (χ1n) is 9.46. The Balaban J connectivity index is 1.51. The highest BCUT2D eigenvalue weighted by Gasteiger charge is 2.29. The molecular weight excluding hydrogens is 358 g/mol. The maximum absolute atomic E-state index is 13.1. The van der Waals surface area contributed by atoms with Gasteiger partial charge in [0.15, 0.2) is 0 Å². The Labute approximate surface area is 161 Å². The number of hydrogen-bond donors (Lipinski definition) is 1. The van der Waals surface area contributed by atoms with Crippen molar-refractivity contribution < 1.29 is 14.3 Å². The number of nitrogen functional groups attached to an aromatic ring is 1. The standard InChI is InChI=1S/C20H21N5O3/c21-18-17-19(23-12-22-18)28-10-7-25(20(17)26)15-1-2-16-13(11-15)3-6-24(16)14-4-8-27-9-5-14/h1-3,6,11-12,14H,4-5,7-10H2,(H2,21,22,23). The van der Waals surface area contributed by atoms with Gasteiger partial charge in [-0.25, -0.2) is 9.97 Å². The zero-order valence-corrected chi connectivity index (χ0v) is 15.4. The van der Waals surface area contributed by atoms with Crippen LogP contribution in [0.25, 0.3) is 10.9 Å². The van der Waals surface area contributed by atoms with Gasteiger partial charge < -0.3 is 24.7 Å². The number of anilines is 2. The maximum atomic E-state index is 13.1. The fourth-order valence-electron chi connectivity index (χ4n) is 4.01. The molecule has 144 valence electrons. The molecular formula is C20H21N5O3. The van der Waals surface area contributed by atoms with E-state index in [1.54, 1.807) is 4.90 Å². The molecule has 0 saturated carbocycles. The minimum Gasteiger partial charge on any atom is -0.475 e. The van der Waals surface area contributed by atoms with Crippen LogP contribution in [0, 0.1) is 0 Å². The molecule has 4 heterocycles. The molecule has 0 bridgehead atoms. The summed E-state index contributed by atoms with van der Waals surface area (Å²) in [5.41, 5.74) is 8.12. The number of carbonyl (C=O) groups is 1. The highest BCUT2D eigenvalue weighted by Crippen LogP contribution is 2.32. The van der Waals surface area contributed by atoms with Gasteiger partial charge in [0.1, 0.15) is 24.3 Å². The molecule has 0 aliphatic carbocycles. The van der Waals surface area contributed by atoms with E-state index >= 15 is 0 Å². The van der Waals surface area contributed by atoms with Gasteiger partial charge in [-0.15, -0.1) is 0 Å². The average Bonchev–Trinajstić information content (AvgIpc) is 3.06. The molecule has 2 aliphatic heterocycles. The number of ether oxygens (including phenoxy) is 2. The van der Waals surface area contributed by atoms with Crippen LogP contribution in [0.2, 0.25) is 0 Å². The third-order valence-electron chi connectivity index (χ3n) is 5.45. The lowest BCUT2D eigenvalue weighted by atomic mass is 10.1. The molecule has 2 N–H and O–H groups in total. The number of rotatable bonds is 2. The molecule has 28 heavy (non-hydrogen) atoms. The molecule has 8 nitrogen and oxygen atoms in total. The Morgan fingerprint density at radius 2 is 1.96 bits per heavy atom. The van der Waals surface area contributed by atoms with Crippen molar-refractivity contribution in [1.29, 1.82) is 0 Å². The van der Waals surface area contributed by atoms with E-state index in [4.69, 9.17) is 15.2 Å². The summed E-state index contributed by atoms with van der Waals surface area (Å²) >= 11 is 0. The van der Waals surface area contributed by atoms with Crippen LogP contribution in [-0.2, 0) is 4.74 Å². The van der Waals surface area contributed by atoms with E-state index in [-0.39, 0.29) is 23.2 Å². The molecule has 1 aromatic carbocycles. The van der Waals surface area contributed by atoms with E-state index in [9.17, 15) is 4.79 Å². The molecule has 0 spiro atoms. The van der Waals surface area contributed by atoms with Crippen LogP contribution >= 0.6 is 0 Å². The van der Waals surface area contributed by atoms with E-state index < -0.39 is 0 Å². The van der Waals surface area contributed by atoms with E-state index in [0.29, 0.717) is 19.2 Å². The van der Waals surface area contributed by atoms with Crippen LogP contribution in [0.1, 0.15) is 29.2 Å². The van der Waals surface area contributed by atoms with E-state index in [1.807, 2.05) is 12.1 Å². The SMILES string of the molecule is Nc1ncnc2c1C(=O)N(c1ccc3c(ccn3C3CCOCC3)c1)CCO2. The first-order chi connectivity index (χ1) is 13.7. The van der Waals surface area contributed by atoms with Crippen molar-refractivity contribution in [2.75, 3.05) is 37.0 Å². The molecule has 0 radical (unpaired) electrons. The monoisotopic (exact) mass is 379 g/mol. The van der Waals surface area contributed by atoms with Crippen molar-refractivity contribution in [3.05, 3.63) is 42.4 Å². The molecule has 2 aliphatic rings. The third kappa shape index (κ3) is 2.77. The maximum Gasteiger partial charge on any atom is 0.267 e. The van der Waals surface area contributed by atoms with Crippen LogP contribution in [0.5, 0.6) is 5.88 Å². The van der Waals surface area contributed by atoms with Crippen molar-refractivity contribution in [3.8, 4) is 5.88 Å². The topological polar surface area (TPSA) is 95.5 Å². The number of nitrogens with two attached hydrogens (primary N) is 1. The summed E-state index contributed by atoms with van der Waals surface area (Å²) in [6.07, 6.45) is 5.47. The van der Waals surface area contributed by atoms with Gasteiger partial charge in [-0.1, -0.05) is 0 Å². The molecule has 1 fully saturated rings. The van der Waals surface area contributed by atoms with E-state index in [0.717, 1.165) is 42.6 Å². The first-order valence-corrected chi connectivity index (χ1v) is 9.46. The van der Waals surface area contributed by atoms with Crippen LogP contribution in [0.4, 0.5) is 11.5 Å². The van der Waals surface area contributed by atoms with Crippen molar-refractivity contribution in [3.63, 3.8) is 0 Å². The lowest BCUT2D eigenvalue weighted by molar-refractivity contribution is 0.0707. The van der Waals surface area contributed by atoms with E-state index in [2.05, 4.69) is 32.9 Å². The molecule has 0 unspecified atom stereocenters. The highest BCUT2D eigenvalue weighted by atomic mass is 16.5. The van der Waals surface area contributed by atoms with Crippen LogP contribution in [0.3, 0.4) is 0 Å². The predicted octanol–water partition coefficient (Wildman–Crippen LogP) is 2.40. The number of nitrogens with zero attached hydrogens (tertiary/aromatic N) is 4. The fourth-order valence-corrected chi connectivity index (χ4v) is 4.01. The molecule has 5 rings (SSSR count). The smallest absolute Gasteiger partial charge is 0.267 e. The molecule has 8 heteroatoms. The summed E-state index contributed by atoms with van der Waals surface area (Å²) < 4.78 is 13.4. The van der Waals surface area contributed by atoms with Gasteiger partial charge in [0.05, 0.1) is 6.54 Å². The lowest BCUT2D eigenvalue weighted by Crippen LogP contribution is -2.32. The summed E-state index contributed by atoms with van der Waals surface area (Å²) in [5, 5.41) is 1.10. The molecule has 1 saturated heterocycles. The second kappa shape index (κ2) is 6.79. The normalized spacial score (nSPS) is 18.0. The Hall–Kier alpha value is -3.13. The predicted molar refractivity (Wildman–Crippen MR) is 105 cm³/mol. The summed E-state index contributed by atoms with van der Waals surface area (Å²) in [7, 11) is 0. The number of carbonyl (C=O) groups excluding carboxylic acids is 1. The van der Waals surface area contributed by atoms with Crippen LogP contribution in [-0.4, -0.2) is 46.8 Å². The second-order valence-electron chi connectivity index (χ2n) is 7.05. The minimum atomic E-state index is -0.242. The number of amides is 1. The van der Waals surface area contributed by atoms with Gasteiger partial charge in [0, 0.05) is 42.0 Å². The van der Waals surface area contributed by atoms with E-state index in [1.165, 1.54) is 6.33 Å². The largest absolute Gasteiger partial charge is 0.475 e. The summed E-state index contributed by atoms with van der Waals surface area (Å²) in [5.74, 6) is 0.134. The zero-order chi connectivity index (χ0) is 19.1. The van der Waals surface area contributed by atoms with Crippen LogP contribution in [0.15, 0.2) is 36.8 Å².